The second-order valence-corrected chi connectivity index (χ2v) is 4.99. The Kier molecular flexibility index (Phi) is 6.92. The van der Waals surface area contributed by atoms with Crippen LogP contribution in [-0.4, -0.2) is 33.8 Å². The first kappa shape index (κ1) is 18.3. The van der Waals surface area contributed by atoms with Gasteiger partial charge in [-0.3, -0.25) is 19.2 Å². The number of carbonyl (C=O) groups is 4. The number of amides is 3. The highest BCUT2D eigenvalue weighted by molar-refractivity contribution is 6.03. The van der Waals surface area contributed by atoms with Crippen molar-refractivity contribution in [3.8, 4) is 0 Å². The second kappa shape index (κ2) is 8.67. The number of aliphatic carboxylic acids is 1. The highest BCUT2D eigenvalue weighted by atomic mass is 16.4. The van der Waals surface area contributed by atoms with Crippen LogP contribution in [0.1, 0.15) is 39.5 Å². The molecule has 0 saturated heterocycles. The fraction of sp³-hybridized carbons (Fsp3) is 0.375. The zero-order chi connectivity index (χ0) is 17.4. The van der Waals surface area contributed by atoms with E-state index in [4.69, 9.17) is 5.11 Å². The van der Waals surface area contributed by atoms with Crippen molar-refractivity contribution in [2.75, 3.05) is 5.01 Å². The van der Waals surface area contributed by atoms with Crippen LogP contribution in [0.3, 0.4) is 0 Å². The lowest BCUT2D eigenvalue weighted by atomic mass is 10.2. The number of imide groups is 1. The summed E-state index contributed by atoms with van der Waals surface area (Å²) < 4.78 is 0. The van der Waals surface area contributed by atoms with E-state index in [1.807, 2.05) is 0 Å². The van der Waals surface area contributed by atoms with Gasteiger partial charge in [0.15, 0.2) is 0 Å². The summed E-state index contributed by atoms with van der Waals surface area (Å²) in [5, 5.41) is 10.4. The topological polar surface area (TPSA) is 95.0 Å². The molecule has 1 aromatic carbocycles. The number of hydrazine groups is 1. The summed E-state index contributed by atoms with van der Waals surface area (Å²) in [6.07, 6.45) is 0.725. The molecule has 1 rings (SSSR count). The Morgan fingerprint density at radius 3 is 1.91 bits per heavy atom. The zero-order valence-corrected chi connectivity index (χ0v) is 13.2. The van der Waals surface area contributed by atoms with Gasteiger partial charge < -0.3 is 5.11 Å². The van der Waals surface area contributed by atoms with Crippen molar-refractivity contribution in [3.05, 3.63) is 30.3 Å². The first-order chi connectivity index (χ1) is 10.8. The fourth-order valence-corrected chi connectivity index (χ4v) is 2.10. The fourth-order valence-electron chi connectivity index (χ4n) is 2.10. The van der Waals surface area contributed by atoms with Crippen molar-refractivity contribution >= 4 is 29.4 Å². The van der Waals surface area contributed by atoms with E-state index in [1.165, 1.54) is 13.8 Å². The molecular formula is C16H20N2O5. The lowest BCUT2D eigenvalue weighted by Crippen LogP contribution is -2.51. The van der Waals surface area contributed by atoms with Crippen molar-refractivity contribution < 1.29 is 24.3 Å². The summed E-state index contributed by atoms with van der Waals surface area (Å²) in [4.78, 5) is 46.5. The largest absolute Gasteiger partial charge is 0.481 e. The van der Waals surface area contributed by atoms with Crippen molar-refractivity contribution in [1.82, 2.24) is 5.01 Å². The van der Waals surface area contributed by atoms with Crippen LogP contribution in [0.15, 0.2) is 30.3 Å². The van der Waals surface area contributed by atoms with Crippen molar-refractivity contribution in [2.24, 2.45) is 0 Å². The van der Waals surface area contributed by atoms with Gasteiger partial charge in [0.2, 0.25) is 17.7 Å². The van der Waals surface area contributed by atoms with Gasteiger partial charge in [-0.1, -0.05) is 18.2 Å². The van der Waals surface area contributed by atoms with Crippen LogP contribution < -0.4 is 5.01 Å². The third-order valence-electron chi connectivity index (χ3n) is 3.06. The molecule has 1 aromatic rings. The van der Waals surface area contributed by atoms with Gasteiger partial charge in [0.05, 0.1) is 5.69 Å². The Hall–Kier alpha value is -2.70. The Bertz CT molecular complexity index is 571. The third-order valence-corrected chi connectivity index (χ3v) is 3.06. The maximum absolute atomic E-state index is 12.5. The molecule has 0 aliphatic heterocycles. The molecule has 0 aliphatic rings. The molecule has 0 spiro atoms. The second-order valence-electron chi connectivity index (χ2n) is 4.99. The standard InChI is InChI=1S/C16H20N2O5/c1-12(19)17(13(2)20)18(14-8-4-3-5-9-14)15(21)10-6-7-11-16(22)23/h3-5,8-9H,6-7,10-11H2,1-2H3,(H,22,23). The first-order valence-corrected chi connectivity index (χ1v) is 7.25. The predicted molar refractivity (Wildman–Crippen MR) is 83.2 cm³/mol. The van der Waals surface area contributed by atoms with Crippen molar-refractivity contribution in [1.29, 1.82) is 0 Å². The zero-order valence-electron chi connectivity index (χ0n) is 13.2. The van der Waals surface area contributed by atoms with E-state index in [0.717, 1.165) is 10.0 Å². The number of unbranched alkanes of at least 4 members (excludes halogenated alkanes) is 1. The molecule has 7 heteroatoms. The van der Waals surface area contributed by atoms with Gasteiger partial charge >= 0.3 is 5.97 Å². The summed E-state index contributed by atoms with van der Waals surface area (Å²) in [6, 6.07) is 8.38. The number of carboxylic acids is 1. The number of rotatable bonds is 6. The molecule has 0 aliphatic carbocycles. The molecule has 0 unspecified atom stereocenters. The van der Waals surface area contributed by atoms with Gasteiger partial charge in [0, 0.05) is 26.7 Å². The lowest BCUT2D eigenvalue weighted by molar-refractivity contribution is -0.146. The number of anilines is 1. The monoisotopic (exact) mass is 320 g/mol. The molecule has 0 fully saturated rings. The smallest absolute Gasteiger partial charge is 0.303 e. The number of hydrogen-bond acceptors (Lipinski definition) is 4. The van der Waals surface area contributed by atoms with Crippen LogP contribution in [0.25, 0.3) is 0 Å². The first-order valence-electron chi connectivity index (χ1n) is 7.25. The Morgan fingerprint density at radius 1 is 0.913 bits per heavy atom. The lowest BCUT2D eigenvalue weighted by Gasteiger charge is -2.31. The maximum atomic E-state index is 12.5. The Morgan fingerprint density at radius 2 is 1.43 bits per heavy atom. The number of benzene rings is 1. The molecule has 0 heterocycles. The predicted octanol–water partition coefficient (Wildman–Crippen LogP) is 1.97. The molecule has 23 heavy (non-hydrogen) atoms. The minimum Gasteiger partial charge on any atom is -0.481 e. The van der Waals surface area contributed by atoms with Crippen LogP contribution in [0.2, 0.25) is 0 Å². The molecule has 0 bridgehead atoms. The highest BCUT2D eigenvalue weighted by Crippen LogP contribution is 2.19. The van der Waals surface area contributed by atoms with E-state index >= 15 is 0 Å². The molecule has 124 valence electrons. The SMILES string of the molecule is CC(=O)N(C(C)=O)N(C(=O)CCCCC(=O)O)c1ccccc1. The summed E-state index contributed by atoms with van der Waals surface area (Å²) in [6.45, 7) is 2.41. The van der Waals surface area contributed by atoms with E-state index in [1.54, 1.807) is 30.3 Å². The van der Waals surface area contributed by atoms with Gasteiger partial charge in [-0.2, -0.15) is 5.01 Å². The molecule has 0 aromatic heterocycles. The van der Waals surface area contributed by atoms with E-state index in [0.29, 0.717) is 18.5 Å². The minimum absolute atomic E-state index is 0.0260. The Labute approximate surface area is 134 Å². The molecule has 0 radical (unpaired) electrons. The van der Waals surface area contributed by atoms with E-state index < -0.39 is 23.7 Å². The van der Waals surface area contributed by atoms with Gasteiger partial charge in [0.1, 0.15) is 0 Å². The Balaban J connectivity index is 2.95. The van der Waals surface area contributed by atoms with Crippen LogP contribution in [0.4, 0.5) is 5.69 Å². The van der Waals surface area contributed by atoms with E-state index in [2.05, 4.69) is 0 Å². The summed E-state index contributed by atoms with van der Waals surface area (Å²) in [5.74, 6) is -2.50. The van der Waals surface area contributed by atoms with Gasteiger partial charge in [-0.15, -0.1) is 0 Å². The normalized spacial score (nSPS) is 10.0. The van der Waals surface area contributed by atoms with E-state index in [9.17, 15) is 19.2 Å². The quantitative estimate of drug-likeness (QED) is 0.639. The summed E-state index contributed by atoms with van der Waals surface area (Å²) >= 11 is 0. The van der Waals surface area contributed by atoms with Crippen molar-refractivity contribution in [3.63, 3.8) is 0 Å². The van der Waals surface area contributed by atoms with Crippen molar-refractivity contribution in [2.45, 2.75) is 39.5 Å². The maximum Gasteiger partial charge on any atom is 0.303 e. The van der Waals surface area contributed by atoms with Gasteiger partial charge in [0.25, 0.3) is 0 Å². The minimum atomic E-state index is -0.925. The molecule has 1 N–H and O–H groups in total. The van der Waals surface area contributed by atoms with Crippen LogP contribution in [0, 0.1) is 0 Å². The highest BCUT2D eigenvalue weighted by Gasteiger charge is 2.28. The average molecular weight is 320 g/mol. The molecule has 7 nitrogen and oxygen atoms in total. The van der Waals surface area contributed by atoms with Crippen LogP contribution in [-0.2, 0) is 19.2 Å². The van der Waals surface area contributed by atoms with Crippen LogP contribution >= 0.6 is 0 Å². The number of hydrogen-bond donors (Lipinski definition) is 1. The third kappa shape index (κ3) is 5.54. The number of para-hydroxylation sites is 1. The number of nitrogens with zero attached hydrogens (tertiary/aromatic N) is 2. The summed E-state index contributed by atoms with van der Waals surface area (Å²) in [5.41, 5.74) is 0.404. The molecule has 0 atom stereocenters. The average Bonchev–Trinajstić information content (AvgIpc) is 2.48. The molecular weight excluding hydrogens is 300 g/mol. The number of carboxylic acid groups (broad SMARTS) is 1. The van der Waals surface area contributed by atoms with E-state index in [-0.39, 0.29) is 12.8 Å². The molecule has 3 amide bonds. The molecule has 0 saturated carbocycles. The summed E-state index contributed by atoms with van der Waals surface area (Å²) in [7, 11) is 0. The van der Waals surface area contributed by atoms with Gasteiger partial charge in [-0.25, -0.2) is 5.01 Å². The van der Waals surface area contributed by atoms with Gasteiger partial charge in [-0.05, 0) is 25.0 Å². The number of carbonyl (C=O) groups excluding carboxylic acids is 3. The van der Waals surface area contributed by atoms with Crippen LogP contribution in [0.5, 0.6) is 0 Å².